The molecule has 2 N–H and O–H groups in total. The molecule has 4 heterocycles. The molecule has 2 fully saturated rings. The number of pyridine rings is 1. The monoisotopic (exact) mass is 476 g/mol. The van der Waals surface area contributed by atoms with Crippen LogP contribution in [0.2, 0.25) is 0 Å². The van der Waals surface area contributed by atoms with E-state index in [-0.39, 0.29) is 36.1 Å². The van der Waals surface area contributed by atoms with Gasteiger partial charge in [0.05, 0.1) is 18.5 Å². The Labute approximate surface area is 202 Å². The summed E-state index contributed by atoms with van der Waals surface area (Å²) < 4.78 is 1.84. The molecule has 0 radical (unpaired) electrons. The van der Waals surface area contributed by atoms with Crippen molar-refractivity contribution in [3.05, 3.63) is 75.1 Å². The number of hydrogen-bond acceptors (Lipinski definition) is 6. The smallest absolute Gasteiger partial charge is 0.258 e. The van der Waals surface area contributed by atoms with E-state index in [1.165, 1.54) is 0 Å². The summed E-state index contributed by atoms with van der Waals surface area (Å²) in [6.07, 6.45) is 4.12. The van der Waals surface area contributed by atoms with Gasteiger partial charge in [0.15, 0.2) is 0 Å². The lowest BCUT2D eigenvalue weighted by Gasteiger charge is -2.37. The van der Waals surface area contributed by atoms with E-state index in [1.807, 2.05) is 52.4 Å². The Kier molecular flexibility index (Phi) is 5.59. The lowest BCUT2D eigenvalue weighted by molar-refractivity contribution is -0.127. The number of nitrogens with one attached hydrogen (secondary N) is 1. The number of carbonyl (C=O) groups excluding carboxylic acids is 1. The highest BCUT2D eigenvalue weighted by molar-refractivity contribution is 7.09. The van der Waals surface area contributed by atoms with Crippen LogP contribution >= 0.6 is 11.3 Å². The standard InChI is InChI=1S/C26H28N4O3S/c31-15-19-21-13-30-20(9-8-18(26(30)33)17-4-2-1-3-5-17)24(29(21)14-22-27-10-11-34-22)23(19)25(32)28-12-16-6-7-16/h1-5,8-11,16,19,21,23-24,31H,6-7,12-15H2,(H,28,32)/t19-,21-,23+,24+/m0/s1. The highest BCUT2D eigenvalue weighted by Gasteiger charge is 2.55. The Hall–Kier alpha value is -2.81. The van der Waals surface area contributed by atoms with Gasteiger partial charge in [0.2, 0.25) is 5.91 Å². The van der Waals surface area contributed by atoms with E-state index in [4.69, 9.17) is 0 Å². The summed E-state index contributed by atoms with van der Waals surface area (Å²) in [4.78, 5) is 33.9. The highest BCUT2D eigenvalue weighted by Crippen LogP contribution is 2.49. The number of aliphatic hydroxyl groups excluding tert-OH is 1. The molecule has 2 aromatic heterocycles. The molecule has 2 bridgehead atoms. The van der Waals surface area contributed by atoms with E-state index in [1.54, 1.807) is 17.5 Å². The maximum Gasteiger partial charge on any atom is 0.258 e. The number of aromatic nitrogens is 2. The molecule has 2 aliphatic heterocycles. The van der Waals surface area contributed by atoms with Gasteiger partial charge in [-0.15, -0.1) is 11.3 Å². The van der Waals surface area contributed by atoms with E-state index >= 15 is 0 Å². The van der Waals surface area contributed by atoms with Crippen LogP contribution in [0.5, 0.6) is 0 Å². The van der Waals surface area contributed by atoms with E-state index in [0.29, 0.717) is 31.1 Å². The van der Waals surface area contributed by atoms with Gasteiger partial charge in [-0.1, -0.05) is 30.3 Å². The van der Waals surface area contributed by atoms with Gasteiger partial charge in [0.1, 0.15) is 5.01 Å². The molecule has 4 atom stereocenters. The Bertz CT molecular complexity index is 1240. The summed E-state index contributed by atoms with van der Waals surface area (Å²) in [5.41, 5.74) is 2.36. The van der Waals surface area contributed by atoms with Crippen LogP contribution in [-0.4, -0.2) is 44.7 Å². The summed E-state index contributed by atoms with van der Waals surface area (Å²) in [7, 11) is 0. The molecule has 0 spiro atoms. The number of rotatable bonds is 7. The van der Waals surface area contributed by atoms with Crippen LogP contribution in [0.4, 0.5) is 0 Å². The van der Waals surface area contributed by atoms with Crippen LogP contribution in [0, 0.1) is 17.8 Å². The number of fused-ring (bicyclic) bond motifs is 4. The molecule has 34 heavy (non-hydrogen) atoms. The maximum absolute atomic E-state index is 13.6. The van der Waals surface area contributed by atoms with Crippen LogP contribution in [-0.2, 0) is 17.9 Å². The summed E-state index contributed by atoms with van der Waals surface area (Å²) >= 11 is 1.59. The fourth-order valence-electron chi connectivity index (χ4n) is 5.75. The van der Waals surface area contributed by atoms with E-state index in [9.17, 15) is 14.7 Å². The molecule has 1 saturated carbocycles. The van der Waals surface area contributed by atoms with Crippen molar-refractivity contribution in [2.45, 2.75) is 38.0 Å². The lowest BCUT2D eigenvalue weighted by atomic mass is 9.86. The van der Waals surface area contributed by atoms with E-state index < -0.39 is 5.92 Å². The van der Waals surface area contributed by atoms with Gasteiger partial charge >= 0.3 is 0 Å². The third-order valence-corrected chi connectivity index (χ3v) is 8.39. The summed E-state index contributed by atoms with van der Waals surface area (Å²) in [6.45, 7) is 1.65. The van der Waals surface area contributed by atoms with Crippen LogP contribution in [0.1, 0.15) is 29.6 Å². The zero-order valence-electron chi connectivity index (χ0n) is 18.8. The first-order valence-corrected chi connectivity index (χ1v) is 12.9. The molecule has 1 saturated heterocycles. The SMILES string of the molecule is O=C(NCC1CC1)[C@@H]1[C@@H](CO)[C@@H]2Cn3c(ccc(-c4ccccc4)c3=O)[C@H]1N2Cc1nccs1. The molecular formula is C26H28N4O3S. The lowest BCUT2D eigenvalue weighted by Crippen LogP contribution is -2.46. The molecule has 1 aliphatic carbocycles. The second kappa shape index (κ2) is 8.76. The van der Waals surface area contributed by atoms with Crippen molar-refractivity contribution in [1.29, 1.82) is 0 Å². The quantitative estimate of drug-likeness (QED) is 0.548. The predicted octanol–water partition coefficient (Wildman–Crippen LogP) is 2.66. The fourth-order valence-corrected chi connectivity index (χ4v) is 6.37. The molecular weight excluding hydrogens is 448 g/mol. The van der Waals surface area contributed by atoms with Gasteiger partial charge < -0.3 is 15.0 Å². The Morgan fingerprint density at radius 2 is 2.00 bits per heavy atom. The summed E-state index contributed by atoms with van der Waals surface area (Å²) in [6, 6.07) is 13.2. The second-order valence-electron chi connectivity index (χ2n) is 9.62. The number of thiazole rings is 1. The Morgan fingerprint density at radius 1 is 1.18 bits per heavy atom. The number of hydrogen-bond donors (Lipinski definition) is 2. The van der Waals surface area contributed by atoms with Crippen molar-refractivity contribution < 1.29 is 9.90 Å². The largest absolute Gasteiger partial charge is 0.396 e. The zero-order valence-corrected chi connectivity index (χ0v) is 19.7. The average Bonchev–Trinajstić information content (AvgIpc) is 3.50. The molecule has 3 aliphatic rings. The molecule has 176 valence electrons. The number of amides is 1. The molecule has 1 aromatic carbocycles. The van der Waals surface area contributed by atoms with Crippen molar-refractivity contribution in [3.63, 3.8) is 0 Å². The Morgan fingerprint density at radius 3 is 2.71 bits per heavy atom. The molecule has 3 aromatic rings. The number of benzene rings is 1. The first kappa shape index (κ1) is 21.7. The minimum atomic E-state index is -0.413. The normalized spacial score (nSPS) is 25.8. The third-order valence-electron chi connectivity index (χ3n) is 7.62. The van der Waals surface area contributed by atoms with Crippen LogP contribution < -0.4 is 10.9 Å². The van der Waals surface area contributed by atoms with Crippen molar-refractivity contribution in [2.75, 3.05) is 13.2 Å². The van der Waals surface area contributed by atoms with Gasteiger partial charge in [-0.05, 0) is 36.5 Å². The van der Waals surface area contributed by atoms with E-state index in [2.05, 4.69) is 15.2 Å². The van der Waals surface area contributed by atoms with E-state index in [0.717, 1.165) is 29.1 Å². The minimum absolute atomic E-state index is 0.0179. The molecule has 6 rings (SSSR count). The topological polar surface area (TPSA) is 87.5 Å². The van der Waals surface area contributed by atoms with Crippen LogP contribution in [0.3, 0.4) is 0 Å². The zero-order chi connectivity index (χ0) is 23.2. The third kappa shape index (κ3) is 3.70. The van der Waals surface area contributed by atoms with Crippen molar-refractivity contribution in [2.24, 2.45) is 17.8 Å². The average molecular weight is 477 g/mol. The second-order valence-corrected chi connectivity index (χ2v) is 10.6. The highest BCUT2D eigenvalue weighted by atomic mass is 32.1. The van der Waals surface area contributed by atoms with Crippen LogP contribution in [0.25, 0.3) is 11.1 Å². The fraction of sp³-hybridized carbons (Fsp3) is 0.423. The van der Waals surface area contributed by atoms with Gasteiger partial charge in [-0.3, -0.25) is 14.5 Å². The number of aliphatic hydroxyl groups is 1. The first-order chi connectivity index (χ1) is 16.7. The van der Waals surface area contributed by atoms with Crippen molar-refractivity contribution in [3.8, 4) is 11.1 Å². The molecule has 0 unspecified atom stereocenters. The van der Waals surface area contributed by atoms with Gasteiger partial charge in [-0.2, -0.15) is 0 Å². The molecule has 1 amide bonds. The summed E-state index contributed by atoms with van der Waals surface area (Å²) in [5, 5.41) is 16.5. The van der Waals surface area contributed by atoms with Crippen molar-refractivity contribution in [1.82, 2.24) is 19.8 Å². The first-order valence-electron chi connectivity index (χ1n) is 12.0. The Balaban J connectivity index is 1.42. The van der Waals surface area contributed by atoms with Gasteiger partial charge in [0.25, 0.3) is 5.56 Å². The minimum Gasteiger partial charge on any atom is -0.396 e. The van der Waals surface area contributed by atoms with Crippen LogP contribution in [0.15, 0.2) is 58.8 Å². The molecule has 8 heteroatoms. The molecule has 7 nitrogen and oxygen atoms in total. The van der Waals surface area contributed by atoms with Gasteiger partial charge in [0, 0.05) is 54.5 Å². The number of carbonyl (C=O) groups is 1. The van der Waals surface area contributed by atoms with Gasteiger partial charge in [-0.25, -0.2) is 4.98 Å². The summed E-state index contributed by atoms with van der Waals surface area (Å²) in [5.74, 6) is -0.101. The predicted molar refractivity (Wildman–Crippen MR) is 130 cm³/mol. The number of nitrogens with zero attached hydrogens (tertiary/aromatic N) is 3. The van der Waals surface area contributed by atoms with Crippen molar-refractivity contribution >= 4 is 17.2 Å². The maximum atomic E-state index is 13.6.